The molecule has 6 heteroatoms. The van der Waals surface area contributed by atoms with E-state index in [0.717, 1.165) is 18.1 Å². The lowest BCUT2D eigenvalue weighted by atomic mass is 10.1. The van der Waals surface area contributed by atoms with Gasteiger partial charge in [0.2, 0.25) is 0 Å². The first-order valence-corrected chi connectivity index (χ1v) is 8.76. The van der Waals surface area contributed by atoms with Crippen LogP contribution in [-0.2, 0) is 17.9 Å². The van der Waals surface area contributed by atoms with Crippen molar-refractivity contribution < 1.29 is 4.74 Å². The second-order valence-corrected chi connectivity index (χ2v) is 6.22. The Hall–Kier alpha value is -2.11. The topological polar surface area (TPSA) is 69.4 Å². The Bertz CT molecular complexity index is 726. The summed E-state index contributed by atoms with van der Waals surface area (Å²) >= 11 is 0. The highest BCUT2D eigenvalue weighted by Gasteiger charge is 2.05. The van der Waals surface area contributed by atoms with E-state index in [1.54, 1.807) is 7.05 Å². The number of hydrogen-bond donors (Lipinski definition) is 2. The molecular weight excluding hydrogens is 451 g/mol. The average Bonchev–Trinajstić information content (AvgIpc) is 2.69. The molecule has 0 aromatic heterocycles. The van der Waals surface area contributed by atoms with Crippen molar-refractivity contribution in [3.63, 3.8) is 0 Å². The molecule has 0 saturated heterocycles. The van der Waals surface area contributed by atoms with Gasteiger partial charge < -0.3 is 15.4 Å². The van der Waals surface area contributed by atoms with E-state index in [4.69, 9.17) is 10.00 Å². The fourth-order valence-corrected chi connectivity index (χ4v) is 2.39. The maximum atomic E-state index is 8.83. The number of guanidine groups is 1. The molecule has 0 aliphatic heterocycles. The van der Waals surface area contributed by atoms with Gasteiger partial charge in [-0.25, -0.2) is 0 Å². The van der Waals surface area contributed by atoms with Gasteiger partial charge in [0, 0.05) is 20.1 Å². The summed E-state index contributed by atoms with van der Waals surface area (Å²) in [5.74, 6) is 1.12. The van der Waals surface area contributed by atoms with E-state index in [1.165, 1.54) is 5.56 Å². The Balaban J connectivity index is 0.00000364. The largest absolute Gasteiger partial charge is 0.376 e. The molecule has 0 aliphatic carbocycles. The van der Waals surface area contributed by atoms with Crippen molar-refractivity contribution >= 4 is 29.9 Å². The zero-order valence-corrected chi connectivity index (χ0v) is 18.1. The van der Waals surface area contributed by atoms with E-state index in [9.17, 15) is 0 Å². The molecule has 27 heavy (non-hydrogen) atoms. The summed E-state index contributed by atoms with van der Waals surface area (Å²) < 4.78 is 5.77. The van der Waals surface area contributed by atoms with Crippen LogP contribution in [0.5, 0.6) is 0 Å². The molecule has 1 unspecified atom stereocenters. The van der Waals surface area contributed by atoms with E-state index in [2.05, 4.69) is 40.8 Å². The molecular formula is C21H27IN4O. The minimum absolute atomic E-state index is 0. The zero-order valence-electron chi connectivity index (χ0n) is 15.8. The molecule has 0 radical (unpaired) electrons. The molecule has 0 spiro atoms. The van der Waals surface area contributed by atoms with Crippen LogP contribution >= 0.6 is 24.0 Å². The van der Waals surface area contributed by atoms with Crippen LogP contribution in [-0.4, -0.2) is 26.2 Å². The predicted molar refractivity (Wildman–Crippen MR) is 120 cm³/mol. The molecule has 0 aliphatic rings. The number of nitriles is 1. The van der Waals surface area contributed by atoms with Crippen molar-refractivity contribution in [1.29, 1.82) is 5.26 Å². The Morgan fingerprint density at radius 2 is 1.78 bits per heavy atom. The van der Waals surface area contributed by atoms with Gasteiger partial charge in [-0.1, -0.05) is 49.4 Å². The van der Waals surface area contributed by atoms with E-state index >= 15 is 0 Å². The Morgan fingerprint density at radius 1 is 1.07 bits per heavy atom. The highest BCUT2D eigenvalue weighted by molar-refractivity contribution is 14.0. The quantitative estimate of drug-likeness (QED) is 0.345. The second-order valence-electron chi connectivity index (χ2n) is 6.22. The summed E-state index contributed by atoms with van der Waals surface area (Å²) in [7, 11) is 1.75. The lowest BCUT2D eigenvalue weighted by molar-refractivity contribution is 0.0931. The number of halogens is 1. The van der Waals surface area contributed by atoms with Gasteiger partial charge in [-0.3, -0.25) is 4.99 Å². The van der Waals surface area contributed by atoms with Crippen molar-refractivity contribution in [3.8, 4) is 6.07 Å². The standard InChI is InChI=1S/C21H26N4O.HI/c1-17(15-26-16-20-6-4-3-5-7-20)13-24-21(23-2)25-14-19-10-8-18(12-22)9-11-19;/h3-11,17H,13-16H2,1-2H3,(H2,23,24,25);1H. The molecule has 2 rings (SSSR count). The van der Waals surface area contributed by atoms with Crippen LogP contribution in [0.3, 0.4) is 0 Å². The van der Waals surface area contributed by atoms with Crippen molar-refractivity contribution in [2.75, 3.05) is 20.2 Å². The van der Waals surface area contributed by atoms with Crippen LogP contribution in [0.4, 0.5) is 0 Å². The van der Waals surface area contributed by atoms with Gasteiger partial charge in [0.1, 0.15) is 0 Å². The van der Waals surface area contributed by atoms with Crippen molar-refractivity contribution in [1.82, 2.24) is 10.6 Å². The minimum atomic E-state index is 0. The fourth-order valence-electron chi connectivity index (χ4n) is 2.39. The molecule has 0 amide bonds. The Morgan fingerprint density at radius 3 is 2.41 bits per heavy atom. The van der Waals surface area contributed by atoms with E-state index in [0.29, 0.717) is 31.2 Å². The number of ether oxygens (including phenoxy) is 1. The number of nitrogens with one attached hydrogen (secondary N) is 2. The van der Waals surface area contributed by atoms with Gasteiger partial charge >= 0.3 is 0 Å². The molecule has 0 heterocycles. The van der Waals surface area contributed by atoms with E-state index in [1.807, 2.05) is 42.5 Å². The Labute approximate surface area is 178 Å². The summed E-state index contributed by atoms with van der Waals surface area (Å²) in [6.45, 7) is 4.91. The van der Waals surface area contributed by atoms with Crippen LogP contribution in [0.2, 0.25) is 0 Å². The lowest BCUT2D eigenvalue weighted by Crippen LogP contribution is -2.39. The summed E-state index contributed by atoms with van der Waals surface area (Å²) in [5.41, 5.74) is 2.96. The monoisotopic (exact) mass is 478 g/mol. The van der Waals surface area contributed by atoms with Crippen LogP contribution in [0.1, 0.15) is 23.6 Å². The van der Waals surface area contributed by atoms with Gasteiger partial charge in [0.05, 0.1) is 24.8 Å². The number of rotatable bonds is 8. The third-order valence-electron chi connectivity index (χ3n) is 3.90. The third kappa shape index (κ3) is 8.89. The van der Waals surface area contributed by atoms with Crippen LogP contribution in [0, 0.1) is 17.2 Å². The van der Waals surface area contributed by atoms with Crippen molar-refractivity contribution in [3.05, 3.63) is 71.3 Å². The van der Waals surface area contributed by atoms with Gasteiger partial charge in [-0.05, 0) is 29.2 Å². The zero-order chi connectivity index (χ0) is 18.6. The van der Waals surface area contributed by atoms with E-state index in [-0.39, 0.29) is 24.0 Å². The van der Waals surface area contributed by atoms with E-state index < -0.39 is 0 Å². The number of benzene rings is 2. The molecule has 0 saturated carbocycles. The number of aliphatic imine (C=N–C) groups is 1. The van der Waals surface area contributed by atoms with Gasteiger partial charge in [0.25, 0.3) is 0 Å². The highest BCUT2D eigenvalue weighted by atomic mass is 127. The van der Waals surface area contributed by atoms with Gasteiger partial charge in [-0.15, -0.1) is 24.0 Å². The van der Waals surface area contributed by atoms with Crippen LogP contribution < -0.4 is 10.6 Å². The molecule has 5 nitrogen and oxygen atoms in total. The third-order valence-corrected chi connectivity index (χ3v) is 3.90. The summed E-state index contributed by atoms with van der Waals surface area (Å²) in [4.78, 5) is 4.24. The first-order chi connectivity index (χ1) is 12.7. The molecule has 0 fully saturated rings. The van der Waals surface area contributed by atoms with Crippen LogP contribution in [0.25, 0.3) is 0 Å². The van der Waals surface area contributed by atoms with Crippen LogP contribution in [0.15, 0.2) is 59.6 Å². The highest BCUT2D eigenvalue weighted by Crippen LogP contribution is 2.04. The maximum Gasteiger partial charge on any atom is 0.191 e. The fraction of sp³-hybridized carbons (Fsp3) is 0.333. The summed E-state index contributed by atoms with van der Waals surface area (Å²) in [5, 5.41) is 15.4. The van der Waals surface area contributed by atoms with Gasteiger partial charge in [-0.2, -0.15) is 5.26 Å². The molecule has 1 atom stereocenters. The average molecular weight is 478 g/mol. The molecule has 144 valence electrons. The number of hydrogen-bond acceptors (Lipinski definition) is 3. The minimum Gasteiger partial charge on any atom is -0.376 e. The molecule has 2 aromatic carbocycles. The predicted octanol–water partition coefficient (Wildman–Crippen LogP) is 3.69. The molecule has 2 N–H and O–H groups in total. The first-order valence-electron chi connectivity index (χ1n) is 8.76. The summed E-state index contributed by atoms with van der Waals surface area (Å²) in [6, 6.07) is 19.8. The SMILES string of the molecule is CN=C(NCc1ccc(C#N)cc1)NCC(C)COCc1ccccc1.I. The second kappa shape index (κ2) is 13.1. The van der Waals surface area contributed by atoms with Crippen molar-refractivity contribution in [2.45, 2.75) is 20.1 Å². The first kappa shape index (κ1) is 22.9. The smallest absolute Gasteiger partial charge is 0.191 e. The maximum absolute atomic E-state index is 8.83. The lowest BCUT2D eigenvalue weighted by Gasteiger charge is -2.16. The summed E-state index contributed by atoms with van der Waals surface area (Å²) in [6.07, 6.45) is 0. The molecule has 0 bridgehead atoms. The normalized spacial score (nSPS) is 11.8. The Kier molecular flexibility index (Phi) is 11.1. The number of nitrogens with zero attached hydrogens (tertiary/aromatic N) is 2. The molecule has 2 aromatic rings. The van der Waals surface area contributed by atoms with Gasteiger partial charge in [0.15, 0.2) is 5.96 Å². The van der Waals surface area contributed by atoms with Crippen molar-refractivity contribution in [2.24, 2.45) is 10.9 Å².